The number of nitrogens with two attached hydrogens (primary N) is 1. The molecule has 1 aliphatic carbocycles. The van der Waals surface area contributed by atoms with Crippen LogP contribution in [0.1, 0.15) is 25.3 Å². The molecule has 1 aromatic carbocycles. The van der Waals surface area contributed by atoms with Gasteiger partial charge in [0.25, 0.3) is 0 Å². The summed E-state index contributed by atoms with van der Waals surface area (Å²) in [7, 11) is 0. The maximum absolute atomic E-state index is 13.7. The van der Waals surface area contributed by atoms with Gasteiger partial charge in [-0.05, 0) is 12.0 Å². The molecule has 136 valence electrons. The second kappa shape index (κ2) is 5.85. The number of hydrogen-bond acceptors (Lipinski definition) is 5. The summed E-state index contributed by atoms with van der Waals surface area (Å²) in [6.45, 7) is 5.94. The van der Waals surface area contributed by atoms with Gasteiger partial charge in [-0.15, -0.1) is 6.58 Å². The van der Waals surface area contributed by atoms with E-state index in [1.54, 1.807) is 23.1 Å². The Labute approximate surface area is 157 Å². The second-order valence-corrected chi connectivity index (χ2v) is 7.16. The molecule has 2 N–H and O–H groups in total. The number of amides is 1. The number of hydrogen-bond donors (Lipinski definition) is 1. The van der Waals surface area contributed by atoms with Crippen LogP contribution in [0.3, 0.4) is 0 Å². The Kier molecular flexibility index (Phi) is 3.70. The quantitative estimate of drug-likeness (QED) is 0.816. The molecule has 3 aliphatic rings. The number of benzene rings is 1. The van der Waals surface area contributed by atoms with Crippen molar-refractivity contribution in [2.75, 3.05) is 11.4 Å². The first-order valence-electron chi connectivity index (χ1n) is 8.84. The fraction of sp³-hybridized carbons (Fsp3) is 0.286. The zero-order chi connectivity index (χ0) is 19.3. The van der Waals surface area contributed by atoms with Gasteiger partial charge in [0, 0.05) is 30.6 Å². The Balaban J connectivity index is 2.10. The van der Waals surface area contributed by atoms with Gasteiger partial charge in [0.05, 0.1) is 5.57 Å². The van der Waals surface area contributed by atoms with Gasteiger partial charge in [0.1, 0.15) is 22.8 Å². The van der Waals surface area contributed by atoms with Crippen molar-refractivity contribution in [1.82, 2.24) is 0 Å². The number of anilines is 1. The van der Waals surface area contributed by atoms with E-state index in [4.69, 9.17) is 10.5 Å². The Morgan fingerprint density at radius 2 is 2.15 bits per heavy atom. The van der Waals surface area contributed by atoms with Crippen LogP contribution >= 0.6 is 0 Å². The summed E-state index contributed by atoms with van der Waals surface area (Å²) in [5, 5.41) is 9.88. The lowest BCUT2D eigenvalue weighted by molar-refractivity contribution is -0.125. The largest absolute Gasteiger partial charge is 0.444 e. The minimum Gasteiger partial charge on any atom is -0.444 e. The molecule has 1 amide bonds. The van der Waals surface area contributed by atoms with Gasteiger partial charge in [-0.25, -0.2) is 0 Å². The molecule has 0 saturated carbocycles. The predicted molar refractivity (Wildman–Crippen MR) is 99.0 cm³/mol. The number of carbonyl (C=O) groups is 2. The first kappa shape index (κ1) is 17.1. The normalized spacial score (nSPS) is 26.7. The molecule has 2 heterocycles. The van der Waals surface area contributed by atoms with Crippen molar-refractivity contribution in [2.45, 2.75) is 25.2 Å². The van der Waals surface area contributed by atoms with Gasteiger partial charge in [0.2, 0.25) is 11.8 Å². The molecule has 4 rings (SSSR count). The first-order valence-corrected chi connectivity index (χ1v) is 8.84. The maximum Gasteiger partial charge on any atom is 0.248 e. The maximum atomic E-state index is 13.7. The molecule has 0 unspecified atom stereocenters. The Morgan fingerprint density at radius 1 is 1.41 bits per heavy atom. The molecule has 1 spiro atoms. The van der Waals surface area contributed by atoms with E-state index in [1.807, 2.05) is 19.1 Å². The van der Waals surface area contributed by atoms with E-state index in [9.17, 15) is 14.9 Å². The van der Waals surface area contributed by atoms with Crippen LogP contribution in [-0.2, 0) is 19.7 Å². The molecule has 2 aliphatic heterocycles. The van der Waals surface area contributed by atoms with E-state index >= 15 is 0 Å². The molecule has 0 bridgehead atoms. The molecular weight excluding hydrogens is 342 g/mol. The van der Waals surface area contributed by atoms with Gasteiger partial charge in [-0.2, -0.15) is 5.26 Å². The van der Waals surface area contributed by atoms with E-state index in [2.05, 4.69) is 12.6 Å². The number of carbonyl (C=O) groups excluding carboxylic acids is 2. The van der Waals surface area contributed by atoms with Crippen molar-refractivity contribution in [3.8, 4) is 6.07 Å². The lowest BCUT2D eigenvalue weighted by Crippen LogP contribution is -2.49. The standard InChI is InChI=1S/C21H19N3O3/c1-3-8-24-15-7-5-4-6-13(15)21(20(24)26)14(11-22)19(23)27-17-10-12(2)9-16(25)18(17)21/h3-7,12H,1,8-10,23H2,2H3/t12-,21-/m0/s1. The summed E-state index contributed by atoms with van der Waals surface area (Å²) >= 11 is 0. The van der Waals surface area contributed by atoms with Crippen molar-refractivity contribution >= 4 is 17.4 Å². The van der Waals surface area contributed by atoms with E-state index in [0.29, 0.717) is 29.9 Å². The minimum atomic E-state index is -1.54. The highest BCUT2D eigenvalue weighted by Gasteiger charge is 2.62. The Morgan fingerprint density at radius 3 is 2.85 bits per heavy atom. The van der Waals surface area contributed by atoms with Gasteiger partial charge in [-0.1, -0.05) is 31.2 Å². The molecule has 0 saturated heterocycles. The second-order valence-electron chi connectivity index (χ2n) is 7.16. The van der Waals surface area contributed by atoms with E-state index in [0.717, 1.165) is 0 Å². The molecule has 0 aromatic heterocycles. The Bertz CT molecular complexity index is 998. The molecule has 6 nitrogen and oxygen atoms in total. The van der Waals surface area contributed by atoms with Crippen LogP contribution in [0.15, 0.2) is 59.7 Å². The highest BCUT2D eigenvalue weighted by Crippen LogP contribution is 2.55. The lowest BCUT2D eigenvalue weighted by Gasteiger charge is -2.38. The molecule has 2 atom stereocenters. The summed E-state index contributed by atoms with van der Waals surface area (Å²) < 4.78 is 5.68. The zero-order valence-corrected chi connectivity index (χ0v) is 15.0. The zero-order valence-electron chi connectivity index (χ0n) is 15.0. The Hall–Kier alpha value is -3.33. The molecule has 0 radical (unpaired) electrons. The van der Waals surface area contributed by atoms with Crippen LogP contribution in [0.4, 0.5) is 5.69 Å². The summed E-state index contributed by atoms with van der Waals surface area (Å²) in [6.07, 6.45) is 2.42. The number of nitrogens with zero attached hydrogens (tertiary/aromatic N) is 2. The van der Waals surface area contributed by atoms with Crippen LogP contribution in [0.2, 0.25) is 0 Å². The average molecular weight is 361 g/mol. The third kappa shape index (κ3) is 2.05. The van der Waals surface area contributed by atoms with Crippen LogP contribution in [0.25, 0.3) is 0 Å². The van der Waals surface area contributed by atoms with Crippen molar-refractivity contribution in [1.29, 1.82) is 5.26 Å². The highest BCUT2D eigenvalue weighted by molar-refractivity contribution is 6.20. The van der Waals surface area contributed by atoms with Crippen molar-refractivity contribution in [2.24, 2.45) is 11.7 Å². The molecule has 27 heavy (non-hydrogen) atoms. The van der Waals surface area contributed by atoms with Gasteiger partial charge in [-0.3, -0.25) is 9.59 Å². The van der Waals surface area contributed by atoms with E-state index in [1.165, 1.54) is 0 Å². The van der Waals surface area contributed by atoms with E-state index in [-0.39, 0.29) is 41.2 Å². The molecule has 0 fully saturated rings. The van der Waals surface area contributed by atoms with Gasteiger partial charge in [0.15, 0.2) is 5.78 Å². The summed E-state index contributed by atoms with van der Waals surface area (Å²) in [5.41, 5.74) is 6.03. The molecule has 1 aromatic rings. The SMILES string of the molecule is C=CCN1C(=O)[C@]2(C(C#N)=C(N)OC3=C2C(=O)C[C@H](C)C3)c2ccccc21. The summed E-state index contributed by atoms with van der Waals surface area (Å²) in [5.74, 6) is -0.157. The first-order chi connectivity index (χ1) is 13.0. The van der Waals surface area contributed by atoms with Crippen molar-refractivity contribution < 1.29 is 14.3 Å². The fourth-order valence-electron chi connectivity index (χ4n) is 4.45. The summed E-state index contributed by atoms with van der Waals surface area (Å²) in [4.78, 5) is 28.4. The van der Waals surface area contributed by atoms with Crippen LogP contribution in [-0.4, -0.2) is 18.2 Å². The minimum absolute atomic E-state index is 0.0202. The number of para-hydroxylation sites is 1. The number of rotatable bonds is 2. The van der Waals surface area contributed by atoms with E-state index < -0.39 is 5.41 Å². The third-order valence-corrected chi connectivity index (χ3v) is 5.44. The van der Waals surface area contributed by atoms with Crippen molar-refractivity contribution in [3.63, 3.8) is 0 Å². The number of nitriles is 1. The number of ketones is 1. The topological polar surface area (TPSA) is 96.4 Å². The van der Waals surface area contributed by atoms with Crippen molar-refractivity contribution in [3.05, 3.63) is 65.3 Å². The molecule has 6 heteroatoms. The van der Waals surface area contributed by atoms with Gasteiger partial charge >= 0.3 is 0 Å². The van der Waals surface area contributed by atoms with Gasteiger partial charge < -0.3 is 15.4 Å². The molecular formula is C21H19N3O3. The average Bonchev–Trinajstić information content (AvgIpc) is 2.85. The predicted octanol–water partition coefficient (Wildman–Crippen LogP) is 2.43. The van der Waals surface area contributed by atoms with Crippen LogP contribution < -0.4 is 10.6 Å². The lowest BCUT2D eigenvalue weighted by atomic mass is 9.64. The number of ether oxygens (including phenoxy) is 1. The summed E-state index contributed by atoms with van der Waals surface area (Å²) in [6, 6.07) is 9.26. The number of Topliss-reactive ketones (excluding diaryl/α,β-unsaturated/α-hetero) is 1. The monoisotopic (exact) mass is 361 g/mol. The number of allylic oxidation sites excluding steroid dienone is 1. The fourth-order valence-corrected chi connectivity index (χ4v) is 4.45. The third-order valence-electron chi connectivity index (χ3n) is 5.44. The van der Waals surface area contributed by atoms with Crippen LogP contribution in [0, 0.1) is 17.2 Å². The number of fused-ring (bicyclic) bond motifs is 3. The highest BCUT2D eigenvalue weighted by atomic mass is 16.5. The smallest absolute Gasteiger partial charge is 0.248 e. The van der Waals surface area contributed by atoms with Crippen LogP contribution in [0.5, 0.6) is 0 Å².